The van der Waals surface area contributed by atoms with Crippen LogP contribution in [0.5, 0.6) is 0 Å². The van der Waals surface area contributed by atoms with Crippen molar-refractivity contribution in [2.45, 2.75) is 50.2 Å². The minimum Gasteiger partial charge on any atom is -0.389 e. The van der Waals surface area contributed by atoms with Gasteiger partial charge in [0.25, 0.3) is 0 Å². The van der Waals surface area contributed by atoms with Crippen LogP contribution in [0.25, 0.3) is 11.1 Å². The number of carbonyl (C=O) groups is 1. The van der Waals surface area contributed by atoms with Crippen LogP contribution < -0.4 is 4.90 Å². The average Bonchev–Trinajstić information content (AvgIpc) is 2.79. The summed E-state index contributed by atoms with van der Waals surface area (Å²) in [6.45, 7) is 1.32. The van der Waals surface area contributed by atoms with Crippen LogP contribution in [0.15, 0.2) is 24.9 Å². The Morgan fingerprint density at radius 3 is 2.68 bits per heavy atom. The van der Waals surface area contributed by atoms with E-state index in [1.54, 1.807) is 23.5 Å². The molecule has 166 valence electrons. The van der Waals surface area contributed by atoms with Crippen molar-refractivity contribution in [2.24, 2.45) is 0 Å². The summed E-state index contributed by atoms with van der Waals surface area (Å²) in [4.78, 5) is 34.1. The molecule has 1 aliphatic carbocycles. The second kappa shape index (κ2) is 9.23. The number of carbonyl (C=O) groups excluding carboxylic acids is 1. The molecule has 0 radical (unpaired) electrons. The number of aromatic nitrogens is 4. The number of nitrogens with zero attached hydrogens (tertiary/aromatic N) is 6. The van der Waals surface area contributed by atoms with Crippen LogP contribution in [-0.4, -0.2) is 75.2 Å². The van der Waals surface area contributed by atoms with Gasteiger partial charge in [-0.2, -0.15) is 0 Å². The highest BCUT2D eigenvalue weighted by Gasteiger charge is 2.36. The molecule has 0 spiro atoms. The number of morpholine rings is 1. The van der Waals surface area contributed by atoms with Crippen molar-refractivity contribution >= 4 is 11.9 Å². The van der Waals surface area contributed by atoms with E-state index < -0.39 is 11.7 Å². The molecule has 0 bridgehead atoms. The molecule has 2 fully saturated rings. The normalized spacial score (nSPS) is 21.0. The highest BCUT2D eigenvalue weighted by molar-refractivity contribution is 5.77. The van der Waals surface area contributed by atoms with E-state index in [0.29, 0.717) is 44.2 Å². The van der Waals surface area contributed by atoms with Crippen molar-refractivity contribution in [3.8, 4) is 11.1 Å². The molecule has 1 saturated heterocycles. The quantitative estimate of drug-likeness (QED) is 0.774. The number of rotatable bonds is 5. The monoisotopic (exact) mass is 426 g/mol. The van der Waals surface area contributed by atoms with Gasteiger partial charge in [-0.15, -0.1) is 0 Å². The Balaban J connectivity index is 1.57. The van der Waals surface area contributed by atoms with Crippen LogP contribution in [0.2, 0.25) is 0 Å². The Hall–Kier alpha value is -2.65. The van der Waals surface area contributed by atoms with Gasteiger partial charge in [0.2, 0.25) is 11.9 Å². The fourth-order valence-corrected chi connectivity index (χ4v) is 4.33. The van der Waals surface area contributed by atoms with Gasteiger partial charge in [0.15, 0.2) is 0 Å². The summed E-state index contributed by atoms with van der Waals surface area (Å²) in [6.07, 6.45) is 10.9. The molecule has 1 saturated carbocycles. The van der Waals surface area contributed by atoms with E-state index in [1.807, 2.05) is 19.0 Å². The number of amides is 1. The van der Waals surface area contributed by atoms with Crippen molar-refractivity contribution in [1.29, 1.82) is 0 Å². The summed E-state index contributed by atoms with van der Waals surface area (Å²) in [7, 11) is 3.76. The molecule has 31 heavy (non-hydrogen) atoms. The first kappa shape index (κ1) is 21.6. The largest absolute Gasteiger partial charge is 0.389 e. The zero-order valence-electron chi connectivity index (χ0n) is 18.2. The summed E-state index contributed by atoms with van der Waals surface area (Å²) in [6, 6.07) is 0. The average molecular weight is 427 g/mol. The molecular weight excluding hydrogens is 396 g/mol. The first-order valence-corrected chi connectivity index (χ1v) is 10.9. The third-order valence-corrected chi connectivity index (χ3v) is 6.07. The Kier molecular flexibility index (Phi) is 6.43. The molecule has 2 aromatic rings. The third-order valence-electron chi connectivity index (χ3n) is 6.07. The van der Waals surface area contributed by atoms with Crippen molar-refractivity contribution in [1.82, 2.24) is 24.8 Å². The maximum Gasteiger partial charge on any atom is 0.225 e. The van der Waals surface area contributed by atoms with Crippen LogP contribution in [0, 0.1) is 0 Å². The summed E-state index contributed by atoms with van der Waals surface area (Å²) >= 11 is 0. The summed E-state index contributed by atoms with van der Waals surface area (Å²) in [5.74, 6) is 0.545. The summed E-state index contributed by atoms with van der Waals surface area (Å²) < 4.78 is 6.05. The zero-order chi connectivity index (χ0) is 21.8. The highest BCUT2D eigenvalue weighted by Crippen LogP contribution is 2.34. The molecule has 9 heteroatoms. The predicted octanol–water partition coefficient (Wildman–Crippen LogP) is 1.98. The van der Waals surface area contributed by atoms with Crippen molar-refractivity contribution < 1.29 is 14.6 Å². The van der Waals surface area contributed by atoms with Gasteiger partial charge in [-0.05, 0) is 12.8 Å². The summed E-state index contributed by atoms with van der Waals surface area (Å²) in [5.41, 5.74) is 1.42. The number of hydrogen-bond donors (Lipinski definition) is 1. The molecule has 4 rings (SSSR count). The SMILES string of the molecule is CN(C)c1ncc(-c2cncnc2)c(C2CN(C(=O)CC3(O)CCCCC3)CCO2)n1. The molecule has 3 heterocycles. The molecule has 1 aliphatic heterocycles. The first-order valence-electron chi connectivity index (χ1n) is 10.9. The van der Waals surface area contributed by atoms with Crippen LogP contribution in [0.1, 0.15) is 50.3 Å². The standard InChI is InChI=1S/C22H30N6O3/c1-27(2)21-25-13-17(16-11-23-15-24-12-16)20(26-21)18-14-28(8-9-31-18)19(29)10-22(30)6-4-3-5-7-22/h11-13,15,18,30H,3-10,14H2,1-2H3. The summed E-state index contributed by atoms with van der Waals surface area (Å²) in [5, 5.41) is 10.8. The van der Waals surface area contributed by atoms with Gasteiger partial charge >= 0.3 is 0 Å². The van der Waals surface area contributed by atoms with Gasteiger partial charge in [-0.3, -0.25) is 4.79 Å². The lowest BCUT2D eigenvalue weighted by Gasteiger charge is -2.37. The second-order valence-electron chi connectivity index (χ2n) is 8.65. The molecule has 1 unspecified atom stereocenters. The van der Waals surface area contributed by atoms with E-state index in [1.165, 1.54) is 6.33 Å². The Morgan fingerprint density at radius 1 is 1.23 bits per heavy atom. The molecular formula is C22H30N6O3. The fourth-order valence-electron chi connectivity index (χ4n) is 4.33. The molecule has 2 aliphatic rings. The molecule has 1 amide bonds. The minimum atomic E-state index is -0.872. The molecule has 0 aromatic carbocycles. The van der Waals surface area contributed by atoms with Gasteiger partial charge in [0, 0.05) is 50.4 Å². The lowest BCUT2D eigenvalue weighted by Crippen LogP contribution is -2.46. The number of aliphatic hydroxyl groups is 1. The molecule has 1 N–H and O–H groups in total. The number of hydrogen-bond acceptors (Lipinski definition) is 8. The van der Waals surface area contributed by atoms with Crippen LogP contribution in [0.3, 0.4) is 0 Å². The first-order chi connectivity index (χ1) is 15.0. The smallest absolute Gasteiger partial charge is 0.225 e. The number of anilines is 1. The Labute approximate surface area is 182 Å². The third kappa shape index (κ3) is 4.99. The van der Waals surface area contributed by atoms with Crippen LogP contribution in [0.4, 0.5) is 5.95 Å². The Morgan fingerprint density at radius 2 is 1.97 bits per heavy atom. The minimum absolute atomic E-state index is 0.0239. The maximum atomic E-state index is 13.0. The van der Waals surface area contributed by atoms with Gasteiger partial charge in [0.1, 0.15) is 12.4 Å². The van der Waals surface area contributed by atoms with E-state index in [9.17, 15) is 9.90 Å². The van der Waals surface area contributed by atoms with E-state index in [2.05, 4.69) is 15.0 Å². The fraction of sp³-hybridized carbons (Fsp3) is 0.591. The van der Waals surface area contributed by atoms with Crippen molar-refractivity contribution in [3.05, 3.63) is 30.6 Å². The zero-order valence-corrected chi connectivity index (χ0v) is 18.2. The topological polar surface area (TPSA) is 105 Å². The van der Waals surface area contributed by atoms with Crippen molar-refractivity contribution in [2.75, 3.05) is 38.7 Å². The van der Waals surface area contributed by atoms with Crippen LogP contribution >= 0.6 is 0 Å². The lowest BCUT2D eigenvalue weighted by atomic mass is 9.82. The van der Waals surface area contributed by atoms with Gasteiger partial charge < -0.3 is 19.6 Å². The van der Waals surface area contributed by atoms with E-state index in [0.717, 1.165) is 30.4 Å². The highest BCUT2D eigenvalue weighted by atomic mass is 16.5. The second-order valence-corrected chi connectivity index (χ2v) is 8.65. The van der Waals surface area contributed by atoms with E-state index in [-0.39, 0.29) is 12.3 Å². The lowest BCUT2D eigenvalue weighted by molar-refractivity contribution is -0.145. The predicted molar refractivity (Wildman–Crippen MR) is 115 cm³/mol. The van der Waals surface area contributed by atoms with Gasteiger partial charge in [-0.25, -0.2) is 19.9 Å². The molecule has 2 aromatic heterocycles. The van der Waals surface area contributed by atoms with E-state index in [4.69, 9.17) is 9.72 Å². The molecule has 1 atom stereocenters. The van der Waals surface area contributed by atoms with Gasteiger partial charge in [-0.1, -0.05) is 19.3 Å². The van der Waals surface area contributed by atoms with Crippen LogP contribution in [-0.2, 0) is 9.53 Å². The van der Waals surface area contributed by atoms with Crippen molar-refractivity contribution in [3.63, 3.8) is 0 Å². The maximum absolute atomic E-state index is 13.0. The van der Waals surface area contributed by atoms with E-state index >= 15 is 0 Å². The number of ether oxygens (including phenoxy) is 1. The Bertz CT molecular complexity index is 901. The molecule has 9 nitrogen and oxygen atoms in total. The van der Waals surface area contributed by atoms with Gasteiger partial charge in [0.05, 0.1) is 30.9 Å².